The highest BCUT2D eigenvalue weighted by Gasteiger charge is 2.21. The third-order valence-corrected chi connectivity index (χ3v) is 2.51. The fourth-order valence-corrected chi connectivity index (χ4v) is 1.36. The number of fused-ring (bicyclic) bond motifs is 1. The second kappa shape index (κ2) is 3.80. The monoisotopic (exact) mass is 234 g/mol. The Kier molecular flexibility index (Phi) is 2.57. The van der Waals surface area contributed by atoms with Gasteiger partial charge in [-0.15, -0.1) is 0 Å². The molecule has 0 aromatic carbocycles. The number of hydrogen-bond donors (Lipinski definition) is 1. The third kappa shape index (κ3) is 2.25. The van der Waals surface area contributed by atoms with Gasteiger partial charge in [0.1, 0.15) is 5.78 Å². The molecule has 0 saturated carbocycles. The first-order valence-electron chi connectivity index (χ1n) is 5.34. The zero-order valence-corrected chi connectivity index (χ0v) is 10.0. The predicted molar refractivity (Wildman–Crippen MR) is 61.8 cm³/mol. The molecule has 0 aliphatic rings. The minimum absolute atomic E-state index is 0.0842. The van der Waals surface area contributed by atoms with Crippen molar-refractivity contribution in [1.29, 1.82) is 0 Å². The van der Waals surface area contributed by atoms with Crippen molar-refractivity contribution in [2.45, 2.75) is 27.2 Å². The third-order valence-electron chi connectivity index (χ3n) is 2.51. The van der Waals surface area contributed by atoms with E-state index in [1.165, 1.54) is 0 Å². The molecule has 0 saturated heterocycles. The molecule has 2 aromatic heterocycles. The molecule has 0 aliphatic heterocycles. The highest BCUT2D eigenvalue weighted by Crippen LogP contribution is 2.16. The zero-order valence-electron chi connectivity index (χ0n) is 10.0. The first-order valence-corrected chi connectivity index (χ1v) is 5.34. The fraction of sp³-hybridized carbons (Fsp3) is 0.455. The Balaban J connectivity index is 2.34. The van der Waals surface area contributed by atoms with E-state index in [1.54, 1.807) is 12.1 Å². The summed E-state index contributed by atoms with van der Waals surface area (Å²) in [6, 6.07) is 3.37. The van der Waals surface area contributed by atoms with E-state index in [4.69, 9.17) is 0 Å². The molecule has 0 spiro atoms. The Bertz CT molecular complexity index is 618. The van der Waals surface area contributed by atoms with Crippen molar-refractivity contribution in [2.75, 3.05) is 0 Å². The second-order valence-corrected chi connectivity index (χ2v) is 4.97. The van der Waals surface area contributed by atoms with Gasteiger partial charge in [-0.1, -0.05) is 20.8 Å². The van der Waals surface area contributed by atoms with E-state index in [9.17, 15) is 9.59 Å². The molecule has 1 N–H and O–H groups in total. The lowest BCUT2D eigenvalue weighted by atomic mass is 9.88. The molecular formula is C11H14N4O2. The maximum Gasteiger partial charge on any atom is 0.364 e. The number of nitrogens with zero attached hydrogens (tertiary/aromatic N) is 3. The van der Waals surface area contributed by atoms with Gasteiger partial charge in [-0.05, 0) is 12.1 Å². The predicted octanol–water partition coefficient (Wildman–Crippen LogP) is 0.575. The number of H-pyrrole nitrogens is 1. The summed E-state index contributed by atoms with van der Waals surface area (Å²) >= 11 is 0. The van der Waals surface area contributed by atoms with E-state index in [1.807, 2.05) is 20.8 Å². The highest BCUT2D eigenvalue weighted by molar-refractivity contribution is 5.85. The Morgan fingerprint density at radius 3 is 2.76 bits per heavy atom. The summed E-state index contributed by atoms with van der Waals surface area (Å²) < 4.78 is 1.16. The number of aromatic nitrogens is 4. The first-order chi connectivity index (χ1) is 7.88. The molecule has 0 unspecified atom stereocenters. The molecule has 90 valence electrons. The van der Waals surface area contributed by atoms with Crippen LogP contribution in [0.2, 0.25) is 0 Å². The Labute approximate surface area is 97.7 Å². The number of carbonyl (C=O) groups excluding carboxylic acids is 1. The van der Waals surface area contributed by atoms with Gasteiger partial charge in [0.25, 0.3) is 0 Å². The van der Waals surface area contributed by atoms with Crippen molar-refractivity contribution in [3.63, 3.8) is 0 Å². The lowest BCUT2D eigenvalue weighted by Gasteiger charge is -2.15. The average Bonchev–Trinajstić information content (AvgIpc) is 2.59. The van der Waals surface area contributed by atoms with Gasteiger partial charge in [-0.3, -0.25) is 4.79 Å². The van der Waals surface area contributed by atoms with E-state index in [0.29, 0.717) is 11.3 Å². The highest BCUT2D eigenvalue weighted by atomic mass is 16.2. The SMILES string of the molecule is CC(C)(C)C(=O)Cc1ccc2n[nH]c(=O)n2n1. The first kappa shape index (κ1) is 11.5. The van der Waals surface area contributed by atoms with Crippen molar-refractivity contribution in [3.8, 4) is 0 Å². The second-order valence-electron chi connectivity index (χ2n) is 4.97. The standard InChI is InChI=1S/C11H14N4O2/c1-11(2,3)8(16)6-7-4-5-9-12-13-10(17)15(9)14-7/h4-5H,6H2,1-3H3,(H,13,17). The average molecular weight is 234 g/mol. The molecule has 0 atom stereocenters. The van der Waals surface area contributed by atoms with Gasteiger partial charge in [-0.25, -0.2) is 9.89 Å². The summed E-state index contributed by atoms with van der Waals surface area (Å²) in [5.41, 5.74) is 0.214. The molecule has 0 radical (unpaired) electrons. The van der Waals surface area contributed by atoms with E-state index < -0.39 is 11.1 Å². The van der Waals surface area contributed by atoms with Crippen LogP contribution in [-0.2, 0) is 11.2 Å². The smallest absolute Gasteiger partial charge is 0.299 e. The van der Waals surface area contributed by atoms with Crippen LogP contribution in [0.4, 0.5) is 0 Å². The molecule has 6 nitrogen and oxygen atoms in total. The minimum Gasteiger partial charge on any atom is -0.299 e. The molecule has 17 heavy (non-hydrogen) atoms. The number of hydrogen-bond acceptors (Lipinski definition) is 4. The Morgan fingerprint density at radius 1 is 1.41 bits per heavy atom. The largest absolute Gasteiger partial charge is 0.364 e. The minimum atomic E-state index is -0.405. The number of rotatable bonds is 2. The van der Waals surface area contributed by atoms with Crippen LogP contribution in [0.25, 0.3) is 5.65 Å². The summed E-state index contributed by atoms with van der Waals surface area (Å²) in [5.74, 6) is 0.0842. The molecule has 2 heterocycles. The molecule has 2 rings (SSSR count). The van der Waals surface area contributed by atoms with Crippen LogP contribution in [0.15, 0.2) is 16.9 Å². The fourth-order valence-electron chi connectivity index (χ4n) is 1.36. The van der Waals surface area contributed by atoms with Gasteiger partial charge in [0.05, 0.1) is 12.1 Å². The van der Waals surface area contributed by atoms with E-state index in [-0.39, 0.29) is 12.2 Å². The van der Waals surface area contributed by atoms with Crippen molar-refractivity contribution in [2.24, 2.45) is 5.41 Å². The van der Waals surface area contributed by atoms with Crippen molar-refractivity contribution in [3.05, 3.63) is 28.3 Å². The quantitative estimate of drug-likeness (QED) is 0.824. The zero-order chi connectivity index (χ0) is 12.6. The van der Waals surface area contributed by atoms with Crippen LogP contribution in [0.3, 0.4) is 0 Å². The van der Waals surface area contributed by atoms with Gasteiger partial charge in [0.15, 0.2) is 5.65 Å². The number of nitrogens with one attached hydrogen (secondary N) is 1. The van der Waals surface area contributed by atoms with Crippen molar-refractivity contribution < 1.29 is 4.79 Å². The topological polar surface area (TPSA) is 80.1 Å². The lowest BCUT2D eigenvalue weighted by molar-refractivity contribution is -0.125. The summed E-state index contributed by atoms with van der Waals surface area (Å²) in [4.78, 5) is 23.2. The summed E-state index contributed by atoms with van der Waals surface area (Å²) in [7, 11) is 0. The van der Waals surface area contributed by atoms with Gasteiger partial charge < -0.3 is 0 Å². The van der Waals surface area contributed by atoms with Gasteiger partial charge in [0, 0.05) is 5.41 Å². The molecule has 0 bridgehead atoms. The van der Waals surface area contributed by atoms with E-state index in [2.05, 4.69) is 15.3 Å². The van der Waals surface area contributed by atoms with Crippen LogP contribution in [-0.4, -0.2) is 25.6 Å². The normalized spacial score (nSPS) is 11.9. The lowest BCUT2D eigenvalue weighted by Crippen LogP contribution is -2.23. The Morgan fingerprint density at radius 2 is 2.12 bits per heavy atom. The molecule has 6 heteroatoms. The van der Waals surface area contributed by atoms with Crippen LogP contribution in [0, 0.1) is 5.41 Å². The molecule has 0 aliphatic carbocycles. The van der Waals surface area contributed by atoms with E-state index >= 15 is 0 Å². The van der Waals surface area contributed by atoms with E-state index in [0.717, 1.165) is 4.52 Å². The van der Waals surface area contributed by atoms with Crippen LogP contribution in [0.1, 0.15) is 26.5 Å². The van der Waals surface area contributed by atoms with Gasteiger partial charge >= 0.3 is 5.69 Å². The van der Waals surface area contributed by atoms with Crippen LogP contribution in [0.5, 0.6) is 0 Å². The number of ketones is 1. The summed E-state index contributed by atoms with van der Waals surface area (Å²) in [6.07, 6.45) is 0.219. The molecule has 0 fully saturated rings. The maximum absolute atomic E-state index is 11.8. The van der Waals surface area contributed by atoms with Crippen LogP contribution >= 0.6 is 0 Å². The summed E-state index contributed by atoms with van der Waals surface area (Å²) in [6.45, 7) is 5.58. The molecule has 2 aromatic rings. The molecule has 0 amide bonds. The van der Waals surface area contributed by atoms with Crippen LogP contribution < -0.4 is 5.69 Å². The van der Waals surface area contributed by atoms with Crippen molar-refractivity contribution >= 4 is 11.4 Å². The number of aromatic amines is 1. The van der Waals surface area contributed by atoms with Crippen molar-refractivity contribution in [1.82, 2.24) is 19.8 Å². The maximum atomic E-state index is 11.8. The van der Waals surface area contributed by atoms with Gasteiger partial charge in [0.2, 0.25) is 0 Å². The Hall–Kier alpha value is -1.98. The molecular weight excluding hydrogens is 220 g/mol. The number of Topliss-reactive ketones (excluding diaryl/α,β-unsaturated/α-hetero) is 1. The van der Waals surface area contributed by atoms with Gasteiger partial charge in [-0.2, -0.15) is 14.7 Å². The summed E-state index contributed by atoms with van der Waals surface area (Å²) in [5, 5.41) is 10.1. The number of carbonyl (C=O) groups is 1.